The fraction of sp³-hybridized carbons (Fsp3) is 0.200. The highest BCUT2D eigenvalue weighted by Crippen LogP contribution is 2.30. The fourth-order valence-electron chi connectivity index (χ4n) is 2.88. The van der Waals surface area contributed by atoms with Crippen molar-refractivity contribution in [3.63, 3.8) is 0 Å². The summed E-state index contributed by atoms with van der Waals surface area (Å²) in [6.45, 7) is 5.29. The first-order valence-electron chi connectivity index (χ1n) is 8.25. The number of benzene rings is 2. The van der Waals surface area contributed by atoms with Crippen molar-refractivity contribution < 1.29 is 24.3 Å². The average Bonchev–Trinajstić information content (AvgIpc) is 2.85. The molecule has 0 aromatic heterocycles. The van der Waals surface area contributed by atoms with E-state index in [0.29, 0.717) is 5.69 Å². The third-order valence-electron chi connectivity index (χ3n) is 4.20. The summed E-state index contributed by atoms with van der Waals surface area (Å²) < 4.78 is 0. The minimum absolute atomic E-state index is 0.00286. The van der Waals surface area contributed by atoms with Crippen LogP contribution in [0.15, 0.2) is 42.5 Å². The molecule has 7 heteroatoms. The second-order valence-electron chi connectivity index (χ2n) is 7.20. The number of hydrogen-bond donors (Lipinski definition) is 1. The van der Waals surface area contributed by atoms with Crippen LogP contribution in [-0.4, -0.2) is 34.1 Å². The number of rotatable bonds is 3. The van der Waals surface area contributed by atoms with E-state index in [2.05, 4.69) is 5.32 Å². The van der Waals surface area contributed by atoms with Crippen LogP contribution >= 0.6 is 0 Å². The van der Waals surface area contributed by atoms with E-state index >= 15 is 0 Å². The van der Waals surface area contributed by atoms with Crippen LogP contribution in [0.25, 0.3) is 0 Å². The minimum atomic E-state index is -1.31. The van der Waals surface area contributed by atoms with Gasteiger partial charge in [-0.1, -0.05) is 12.1 Å². The maximum atomic E-state index is 12.6. The van der Waals surface area contributed by atoms with E-state index < -0.39 is 23.3 Å². The average molecular weight is 365 g/mol. The van der Waals surface area contributed by atoms with E-state index in [1.54, 1.807) is 20.8 Å². The first-order valence-corrected chi connectivity index (χ1v) is 8.25. The van der Waals surface area contributed by atoms with Crippen molar-refractivity contribution >= 4 is 29.4 Å². The summed E-state index contributed by atoms with van der Waals surface area (Å²) in [4.78, 5) is 49.4. The van der Waals surface area contributed by atoms with Crippen molar-refractivity contribution in [3.8, 4) is 0 Å². The van der Waals surface area contributed by atoms with Crippen LogP contribution in [0.3, 0.4) is 0 Å². The van der Waals surface area contributed by atoms with Gasteiger partial charge in [-0.15, -0.1) is 0 Å². The van der Waals surface area contributed by atoms with Gasteiger partial charge < -0.3 is 15.2 Å². The monoisotopic (exact) mass is 365 g/mol. The molecule has 0 bridgehead atoms. The normalized spacial score (nSPS) is 13.5. The predicted molar refractivity (Wildman–Crippen MR) is 95.4 cm³/mol. The number of carbonyl (C=O) groups is 4. The molecule has 0 aliphatic carbocycles. The fourth-order valence-corrected chi connectivity index (χ4v) is 2.88. The van der Waals surface area contributed by atoms with E-state index in [1.807, 2.05) is 0 Å². The topological polar surface area (TPSA) is 107 Å². The molecule has 1 heterocycles. The summed E-state index contributed by atoms with van der Waals surface area (Å²) in [5.74, 6) is -2.60. The highest BCUT2D eigenvalue weighted by atomic mass is 16.4. The van der Waals surface area contributed by atoms with Crippen molar-refractivity contribution in [2.75, 3.05) is 5.32 Å². The summed E-state index contributed by atoms with van der Waals surface area (Å²) in [6.07, 6.45) is 0. The number of anilines is 1. The Balaban J connectivity index is 1.85. The Kier molecular flexibility index (Phi) is 4.31. The van der Waals surface area contributed by atoms with Crippen molar-refractivity contribution in [3.05, 3.63) is 64.7 Å². The molecule has 0 saturated heterocycles. The molecule has 3 rings (SSSR count). The van der Waals surface area contributed by atoms with Gasteiger partial charge in [0.2, 0.25) is 0 Å². The molecule has 0 unspecified atom stereocenters. The lowest BCUT2D eigenvalue weighted by atomic mass is 10.1. The van der Waals surface area contributed by atoms with Gasteiger partial charge in [0.15, 0.2) is 0 Å². The van der Waals surface area contributed by atoms with E-state index in [-0.39, 0.29) is 28.2 Å². The van der Waals surface area contributed by atoms with Crippen molar-refractivity contribution in [1.82, 2.24) is 4.90 Å². The number of nitrogens with one attached hydrogen (secondary N) is 1. The quantitative estimate of drug-likeness (QED) is 0.833. The molecule has 138 valence electrons. The van der Waals surface area contributed by atoms with Gasteiger partial charge >= 0.3 is 0 Å². The maximum Gasteiger partial charge on any atom is 0.262 e. The SMILES string of the molecule is CC(C)(C)N1C(=O)c2ccc(C(=O)Nc3ccc(C(=O)[O-])cc3)cc2C1=O. The number of fused-ring (bicyclic) bond motifs is 1. The Morgan fingerprint density at radius 3 is 2.00 bits per heavy atom. The number of carbonyl (C=O) groups excluding carboxylic acids is 4. The van der Waals surface area contributed by atoms with Gasteiger partial charge in [-0.05, 0) is 56.7 Å². The van der Waals surface area contributed by atoms with Crippen LogP contribution in [0.5, 0.6) is 0 Å². The molecule has 0 radical (unpaired) electrons. The third kappa shape index (κ3) is 3.31. The van der Waals surface area contributed by atoms with Crippen LogP contribution in [0.4, 0.5) is 5.69 Å². The number of nitrogens with zero attached hydrogens (tertiary/aromatic N) is 1. The lowest BCUT2D eigenvalue weighted by Crippen LogP contribution is -2.45. The van der Waals surface area contributed by atoms with Gasteiger partial charge in [0.05, 0.1) is 17.1 Å². The zero-order chi connectivity index (χ0) is 19.9. The standard InChI is InChI=1S/C20H18N2O5/c1-20(2,3)22-17(24)14-9-6-12(10-15(14)18(22)25)16(23)21-13-7-4-11(5-8-13)19(26)27/h4-10H,1-3H3,(H,21,23)(H,26,27)/p-1. The van der Waals surface area contributed by atoms with Crippen LogP contribution < -0.4 is 10.4 Å². The summed E-state index contributed by atoms with van der Waals surface area (Å²) >= 11 is 0. The maximum absolute atomic E-state index is 12.6. The van der Waals surface area contributed by atoms with Crippen LogP contribution in [0.2, 0.25) is 0 Å². The zero-order valence-electron chi connectivity index (χ0n) is 15.0. The molecule has 27 heavy (non-hydrogen) atoms. The Labute approximate surface area is 155 Å². The molecule has 0 spiro atoms. The molecule has 1 aliphatic heterocycles. The van der Waals surface area contributed by atoms with Crippen molar-refractivity contribution in [1.29, 1.82) is 0 Å². The number of hydrogen-bond acceptors (Lipinski definition) is 5. The van der Waals surface area contributed by atoms with Gasteiger partial charge in [-0.25, -0.2) is 0 Å². The van der Waals surface area contributed by atoms with Crippen LogP contribution in [0.1, 0.15) is 62.2 Å². The summed E-state index contributed by atoms with van der Waals surface area (Å²) in [5.41, 5.74) is 0.395. The van der Waals surface area contributed by atoms with Crippen LogP contribution in [0, 0.1) is 0 Å². The molecule has 0 atom stereocenters. The third-order valence-corrected chi connectivity index (χ3v) is 4.20. The first-order chi connectivity index (χ1) is 12.6. The number of imide groups is 1. The number of carboxylic acid groups (broad SMARTS) is 1. The molecule has 3 amide bonds. The summed E-state index contributed by atoms with van der Waals surface area (Å²) in [5, 5.41) is 13.4. The summed E-state index contributed by atoms with van der Waals surface area (Å²) in [6, 6.07) is 9.84. The van der Waals surface area contributed by atoms with Gasteiger partial charge in [-0.2, -0.15) is 0 Å². The number of amides is 3. The Morgan fingerprint density at radius 2 is 1.44 bits per heavy atom. The van der Waals surface area contributed by atoms with Gasteiger partial charge in [0, 0.05) is 16.8 Å². The molecule has 1 aliphatic rings. The Morgan fingerprint density at radius 1 is 0.889 bits per heavy atom. The highest BCUT2D eigenvalue weighted by molar-refractivity contribution is 6.22. The second-order valence-corrected chi connectivity index (χ2v) is 7.20. The first kappa shape index (κ1) is 18.3. The molecular weight excluding hydrogens is 348 g/mol. The Bertz CT molecular complexity index is 971. The highest BCUT2D eigenvalue weighted by Gasteiger charge is 2.42. The van der Waals surface area contributed by atoms with Crippen LogP contribution in [-0.2, 0) is 0 Å². The van der Waals surface area contributed by atoms with Crippen molar-refractivity contribution in [2.45, 2.75) is 26.3 Å². The molecule has 2 aromatic carbocycles. The van der Waals surface area contributed by atoms with E-state index in [4.69, 9.17) is 0 Å². The predicted octanol–water partition coefficient (Wildman–Crippen LogP) is 1.70. The lowest BCUT2D eigenvalue weighted by molar-refractivity contribution is -0.255. The summed E-state index contributed by atoms with van der Waals surface area (Å²) in [7, 11) is 0. The zero-order valence-corrected chi connectivity index (χ0v) is 15.0. The van der Waals surface area contributed by atoms with E-state index in [0.717, 1.165) is 0 Å². The molecule has 7 nitrogen and oxygen atoms in total. The number of carboxylic acids is 1. The minimum Gasteiger partial charge on any atom is -0.545 e. The van der Waals surface area contributed by atoms with E-state index in [1.165, 1.54) is 47.4 Å². The molecule has 0 saturated carbocycles. The van der Waals surface area contributed by atoms with Gasteiger partial charge in [0.25, 0.3) is 17.7 Å². The second kappa shape index (κ2) is 6.35. The Hall–Kier alpha value is -3.48. The van der Waals surface area contributed by atoms with Crippen molar-refractivity contribution in [2.24, 2.45) is 0 Å². The largest absolute Gasteiger partial charge is 0.545 e. The van der Waals surface area contributed by atoms with Gasteiger partial charge in [0.1, 0.15) is 0 Å². The number of aromatic carboxylic acids is 1. The van der Waals surface area contributed by atoms with Gasteiger partial charge in [-0.3, -0.25) is 19.3 Å². The molecule has 0 fully saturated rings. The lowest BCUT2D eigenvalue weighted by Gasteiger charge is -2.29. The molecule has 1 N–H and O–H groups in total. The molecule has 2 aromatic rings. The van der Waals surface area contributed by atoms with E-state index in [9.17, 15) is 24.3 Å². The molecular formula is C20H17N2O5-. The smallest absolute Gasteiger partial charge is 0.262 e.